The molecular formula is C9H14N4. The summed E-state index contributed by atoms with van der Waals surface area (Å²) >= 11 is 0. The van der Waals surface area contributed by atoms with Crippen molar-refractivity contribution in [1.82, 2.24) is 14.8 Å². The second-order valence-corrected chi connectivity index (χ2v) is 4.38. The van der Waals surface area contributed by atoms with Gasteiger partial charge in [-0.25, -0.2) is 4.68 Å². The van der Waals surface area contributed by atoms with Gasteiger partial charge in [0, 0.05) is 13.0 Å². The summed E-state index contributed by atoms with van der Waals surface area (Å²) in [5.74, 6) is 4.06. The second-order valence-electron chi connectivity index (χ2n) is 4.38. The van der Waals surface area contributed by atoms with Gasteiger partial charge in [-0.3, -0.25) is 0 Å². The molecule has 0 saturated heterocycles. The Bertz CT molecular complexity index is 314. The number of hydrogen-bond donors (Lipinski definition) is 1. The standard InChI is InChI=1S/C9H14N4/c1-13-9(10)11-8(12-13)7-3-5-2-6(5)4-7/h5-7H,2-4H2,1H3,(H2,10,11,12). The van der Waals surface area contributed by atoms with Gasteiger partial charge >= 0.3 is 0 Å². The van der Waals surface area contributed by atoms with Crippen molar-refractivity contribution in [1.29, 1.82) is 0 Å². The average molecular weight is 178 g/mol. The van der Waals surface area contributed by atoms with Crippen LogP contribution in [-0.4, -0.2) is 14.8 Å². The molecule has 2 unspecified atom stereocenters. The summed E-state index contributed by atoms with van der Waals surface area (Å²) in [7, 11) is 1.85. The molecule has 3 rings (SSSR count). The summed E-state index contributed by atoms with van der Waals surface area (Å²) in [6, 6.07) is 0. The third-order valence-corrected chi connectivity index (χ3v) is 3.42. The summed E-state index contributed by atoms with van der Waals surface area (Å²) < 4.78 is 1.67. The lowest BCUT2D eigenvalue weighted by atomic mass is 10.0. The summed E-state index contributed by atoms with van der Waals surface area (Å²) in [4.78, 5) is 4.28. The Morgan fingerprint density at radius 1 is 1.31 bits per heavy atom. The molecule has 0 spiro atoms. The number of hydrogen-bond acceptors (Lipinski definition) is 3. The third kappa shape index (κ3) is 1.04. The molecule has 4 heteroatoms. The molecule has 0 aliphatic heterocycles. The van der Waals surface area contributed by atoms with Crippen LogP contribution in [0.15, 0.2) is 0 Å². The van der Waals surface area contributed by atoms with Gasteiger partial charge in [0.1, 0.15) is 0 Å². The fraction of sp³-hybridized carbons (Fsp3) is 0.778. The van der Waals surface area contributed by atoms with Crippen LogP contribution in [0, 0.1) is 11.8 Å². The first-order valence-corrected chi connectivity index (χ1v) is 4.90. The minimum atomic E-state index is 0.538. The maximum absolute atomic E-state index is 5.64. The molecule has 0 aromatic carbocycles. The predicted molar refractivity (Wildman–Crippen MR) is 49.0 cm³/mol. The van der Waals surface area contributed by atoms with E-state index in [0.29, 0.717) is 11.9 Å². The van der Waals surface area contributed by atoms with Gasteiger partial charge in [0.25, 0.3) is 0 Å². The van der Waals surface area contributed by atoms with E-state index in [1.165, 1.54) is 19.3 Å². The number of aryl methyl sites for hydroxylation is 1. The highest BCUT2D eigenvalue weighted by atomic mass is 15.4. The molecule has 2 aliphatic carbocycles. The second kappa shape index (κ2) is 2.25. The first kappa shape index (κ1) is 7.35. The Hall–Kier alpha value is -1.06. The zero-order chi connectivity index (χ0) is 9.00. The largest absolute Gasteiger partial charge is 0.368 e. The monoisotopic (exact) mass is 178 g/mol. The van der Waals surface area contributed by atoms with Gasteiger partial charge in [-0.15, -0.1) is 0 Å². The van der Waals surface area contributed by atoms with Crippen LogP contribution in [-0.2, 0) is 7.05 Å². The Morgan fingerprint density at radius 2 is 2.00 bits per heavy atom. The number of anilines is 1. The van der Waals surface area contributed by atoms with E-state index >= 15 is 0 Å². The van der Waals surface area contributed by atoms with Crippen molar-refractivity contribution in [2.24, 2.45) is 18.9 Å². The molecule has 0 amide bonds. The molecule has 70 valence electrons. The minimum Gasteiger partial charge on any atom is -0.368 e. The topological polar surface area (TPSA) is 56.7 Å². The van der Waals surface area contributed by atoms with Gasteiger partial charge in [-0.1, -0.05) is 0 Å². The van der Waals surface area contributed by atoms with E-state index in [1.807, 2.05) is 7.05 Å². The highest BCUT2D eigenvalue weighted by Gasteiger charge is 2.47. The van der Waals surface area contributed by atoms with Crippen molar-refractivity contribution in [3.63, 3.8) is 0 Å². The third-order valence-electron chi connectivity index (χ3n) is 3.42. The molecule has 1 aromatic rings. The molecule has 2 N–H and O–H groups in total. The van der Waals surface area contributed by atoms with Crippen LogP contribution in [0.2, 0.25) is 0 Å². The molecule has 0 radical (unpaired) electrons. The number of rotatable bonds is 1. The normalized spacial score (nSPS) is 36.2. The summed E-state index contributed by atoms with van der Waals surface area (Å²) in [5.41, 5.74) is 5.64. The van der Waals surface area contributed by atoms with Crippen molar-refractivity contribution in [3.05, 3.63) is 5.82 Å². The highest BCUT2D eigenvalue weighted by Crippen LogP contribution is 2.56. The molecule has 2 fully saturated rings. The highest BCUT2D eigenvalue weighted by molar-refractivity contribution is 5.19. The Labute approximate surface area is 77.1 Å². The molecular weight excluding hydrogens is 164 g/mol. The van der Waals surface area contributed by atoms with Gasteiger partial charge in [0.05, 0.1) is 0 Å². The van der Waals surface area contributed by atoms with Gasteiger partial charge in [0.15, 0.2) is 5.82 Å². The lowest BCUT2D eigenvalue weighted by Gasteiger charge is -2.04. The molecule has 1 heterocycles. The fourth-order valence-electron chi connectivity index (χ4n) is 2.52. The summed E-state index contributed by atoms with van der Waals surface area (Å²) in [6.45, 7) is 0. The molecule has 13 heavy (non-hydrogen) atoms. The minimum absolute atomic E-state index is 0.538. The number of nitrogen functional groups attached to an aromatic ring is 1. The van der Waals surface area contributed by atoms with E-state index in [4.69, 9.17) is 5.73 Å². The number of aromatic nitrogens is 3. The zero-order valence-corrected chi connectivity index (χ0v) is 7.77. The van der Waals surface area contributed by atoms with E-state index in [1.54, 1.807) is 4.68 Å². The average Bonchev–Trinajstić information content (AvgIpc) is 2.54. The van der Waals surface area contributed by atoms with Crippen LogP contribution in [0.4, 0.5) is 5.95 Å². The van der Waals surface area contributed by atoms with Crippen molar-refractivity contribution < 1.29 is 0 Å². The molecule has 4 nitrogen and oxygen atoms in total. The van der Waals surface area contributed by atoms with E-state index in [0.717, 1.165) is 17.7 Å². The van der Waals surface area contributed by atoms with Gasteiger partial charge in [-0.05, 0) is 31.1 Å². The van der Waals surface area contributed by atoms with Crippen LogP contribution >= 0.6 is 0 Å². The number of nitrogens with two attached hydrogens (primary N) is 1. The van der Waals surface area contributed by atoms with Crippen LogP contribution in [0.3, 0.4) is 0 Å². The molecule has 2 atom stereocenters. The SMILES string of the molecule is Cn1nc(C2CC3CC3C2)nc1N. The van der Waals surface area contributed by atoms with E-state index < -0.39 is 0 Å². The van der Waals surface area contributed by atoms with Crippen molar-refractivity contribution in [3.8, 4) is 0 Å². The molecule has 0 bridgehead atoms. The predicted octanol–water partition coefficient (Wildman–Crippen LogP) is 0.911. The first-order valence-electron chi connectivity index (χ1n) is 4.90. The quantitative estimate of drug-likeness (QED) is 0.695. The Balaban J connectivity index is 1.84. The molecule has 2 saturated carbocycles. The van der Waals surface area contributed by atoms with Crippen molar-refractivity contribution in [2.75, 3.05) is 5.73 Å². The maximum atomic E-state index is 5.64. The number of fused-ring (bicyclic) bond motifs is 1. The van der Waals surface area contributed by atoms with Crippen molar-refractivity contribution in [2.45, 2.75) is 25.2 Å². The van der Waals surface area contributed by atoms with Crippen LogP contribution in [0.25, 0.3) is 0 Å². The Kier molecular flexibility index (Phi) is 1.27. The summed E-state index contributed by atoms with van der Waals surface area (Å²) in [5, 5.41) is 4.33. The van der Waals surface area contributed by atoms with E-state index in [9.17, 15) is 0 Å². The van der Waals surface area contributed by atoms with Gasteiger partial charge < -0.3 is 5.73 Å². The lowest BCUT2D eigenvalue weighted by molar-refractivity contribution is 0.582. The first-order chi connectivity index (χ1) is 6.24. The van der Waals surface area contributed by atoms with Gasteiger partial charge in [-0.2, -0.15) is 10.1 Å². The zero-order valence-electron chi connectivity index (χ0n) is 7.77. The smallest absolute Gasteiger partial charge is 0.218 e. The lowest BCUT2D eigenvalue weighted by Crippen LogP contribution is -2.00. The van der Waals surface area contributed by atoms with E-state index in [-0.39, 0.29) is 0 Å². The van der Waals surface area contributed by atoms with E-state index in [2.05, 4.69) is 10.1 Å². The molecule has 1 aromatic heterocycles. The fourth-order valence-corrected chi connectivity index (χ4v) is 2.52. The van der Waals surface area contributed by atoms with Gasteiger partial charge in [0.2, 0.25) is 5.95 Å². The number of nitrogens with zero attached hydrogens (tertiary/aromatic N) is 3. The maximum Gasteiger partial charge on any atom is 0.218 e. The van der Waals surface area contributed by atoms with Crippen LogP contribution in [0.1, 0.15) is 31.0 Å². The van der Waals surface area contributed by atoms with Crippen LogP contribution < -0.4 is 5.73 Å². The van der Waals surface area contributed by atoms with Crippen LogP contribution in [0.5, 0.6) is 0 Å². The molecule has 2 aliphatic rings. The summed E-state index contributed by atoms with van der Waals surface area (Å²) in [6.07, 6.45) is 4.01. The van der Waals surface area contributed by atoms with Crippen molar-refractivity contribution >= 4 is 5.95 Å². The Morgan fingerprint density at radius 3 is 2.54 bits per heavy atom.